The lowest BCUT2D eigenvalue weighted by Gasteiger charge is -2.28. The second-order valence-electron chi connectivity index (χ2n) is 2.56. The molecule has 1 rings (SSSR count). The van der Waals surface area contributed by atoms with Gasteiger partial charge in [0.2, 0.25) is 0 Å². The van der Waals surface area contributed by atoms with Crippen LogP contribution in [0.25, 0.3) is 0 Å². The Morgan fingerprint density at radius 2 is 2.10 bits per heavy atom. The van der Waals surface area contributed by atoms with Crippen LogP contribution in [0.2, 0.25) is 0 Å². The van der Waals surface area contributed by atoms with Crippen LogP contribution in [0.4, 0.5) is 0 Å². The molecule has 2 unspecified atom stereocenters. The second-order valence-corrected chi connectivity index (χ2v) is 2.56. The molecule has 0 aliphatic carbocycles. The van der Waals surface area contributed by atoms with E-state index in [2.05, 4.69) is 6.92 Å². The molecule has 0 aromatic rings. The van der Waals surface area contributed by atoms with Crippen molar-refractivity contribution in [2.75, 3.05) is 19.8 Å². The fraction of sp³-hybridized carbons (Fsp3) is 1.00. The molecule has 0 saturated carbocycles. The Morgan fingerprint density at radius 1 is 1.40 bits per heavy atom. The van der Waals surface area contributed by atoms with Crippen LogP contribution >= 0.6 is 0 Å². The Morgan fingerprint density at radius 3 is 2.70 bits per heavy atom. The summed E-state index contributed by atoms with van der Waals surface area (Å²) in [4.78, 5) is 0. The van der Waals surface area contributed by atoms with Crippen LogP contribution in [-0.4, -0.2) is 32.0 Å². The highest BCUT2D eigenvalue weighted by Crippen LogP contribution is 2.09. The third kappa shape index (κ3) is 1.94. The van der Waals surface area contributed by atoms with Crippen LogP contribution in [0.3, 0.4) is 0 Å². The van der Waals surface area contributed by atoms with Crippen LogP contribution in [0, 0.1) is 0 Å². The summed E-state index contributed by atoms with van der Waals surface area (Å²) in [5.74, 6) is 0. The van der Waals surface area contributed by atoms with Gasteiger partial charge < -0.3 is 15.2 Å². The Balaban J connectivity index is 2.25. The molecule has 1 aliphatic heterocycles. The van der Waals surface area contributed by atoms with Crippen molar-refractivity contribution in [3.63, 3.8) is 0 Å². The number of rotatable bonds is 2. The Labute approximate surface area is 61.5 Å². The molecule has 3 nitrogen and oxygen atoms in total. The lowest BCUT2D eigenvalue weighted by molar-refractivity contribution is -0.134. The molecule has 1 heterocycles. The average molecular weight is 145 g/mol. The van der Waals surface area contributed by atoms with Gasteiger partial charge in [0.15, 0.2) is 0 Å². The van der Waals surface area contributed by atoms with Crippen molar-refractivity contribution < 1.29 is 9.47 Å². The summed E-state index contributed by atoms with van der Waals surface area (Å²) < 4.78 is 10.8. The van der Waals surface area contributed by atoms with E-state index in [1.165, 1.54) is 0 Å². The monoisotopic (exact) mass is 145 g/mol. The SMILES string of the molecule is CCC1COCC(CN)O1. The molecular weight excluding hydrogens is 130 g/mol. The minimum Gasteiger partial charge on any atom is -0.376 e. The zero-order valence-electron chi connectivity index (χ0n) is 6.38. The quantitative estimate of drug-likeness (QED) is 0.601. The third-order valence-corrected chi connectivity index (χ3v) is 1.71. The standard InChI is InChI=1S/C7H15NO2/c1-2-6-4-9-5-7(3-8)10-6/h6-7H,2-5,8H2,1H3. The minimum absolute atomic E-state index is 0.124. The van der Waals surface area contributed by atoms with Gasteiger partial charge in [0.05, 0.1) is 25.4 Å². The molecule has 3 heteroatoms. The zero-order valence-corrected chi connectivity index (χ0v) is 6.38. The molecular formula is C7H15NO2. The number of ether oxygens (including phenoxy) is 2. The molecule has 0 spiro atoms. The molecule has 0 aromatic carbocycles. The molecule has 2 N–H and O–H groups in total. The summed E-state index contributed by atoms with van der Waals surface area (Å²) in [6.07, 6.45) is 1.40. The van der Waals surface area contributed by atoms with Gasteiger partial charge in [0.1, 0.15) is 0 Å². The fourth-order valence-electron chi connectivity index (χ4n) is 1.02. The van der Waals surface area contributed by atoms with Crippen molar-refractivity contribution in [2.24, 2.45) is 5.73 Å². The van der Waals surface area contributed by atoms with E-state index in [0.717, 1.165) is 13.0 Å². The van der Waals surface area contributed by atoms with Gasteiger partial charge in [0.25, 0.3) is 0 Å². The zero-order chi connectivity index (χ0) is 7.40. The number of nitrogens with two attached hydrogens (primary N) is 1. The summed E-state index contributed by atoms with van der Waals surface area (Å²) in [5, 5.41) is 0. The summed E-state index contributed by atoms with van der Waals surface area (Å²) in [6.45, 7) is 4.05. The summed E-state index contributed by atoms with van der Waals surface area (Å²) >= 11 is 0. The van der Waals surface area contributed by atoms with E-state index in [-0.39, 0.29) is 12.2 Å². The van der Waals surface area contributed by atoms with E-state index in [9.17, 15) is 0 Å². The first-order valence-corrected chi connectivity index (χ1v) is 3.80. The molecule has 1 fully saturated rings. The van der Waals surface area contributed by atoms with Gasteiger partial charge in [-0.3, -0.25) is 0 Å². The van der Waals surface area contributed by atoms with Gasteiger partial charge in [-0.2, -0.15) is 0 Å². The Hall–Kier alpha value is -0.120. The van der Waals surface area contributed by atoms with Gasteiger partial charge in [-0.1, -0.05) is 6.92 Å². The maximum absolute atomic E-state index is 5.53. The van der Waals surface area contributed by atoms with Crippen LogP contribution in [0.15, 0.2) is 0 Å². The van der Waals surface area contributed by atoms with Crippen molar-refractivity contribution >= 4 is 0 Å². The third-order valence-electron chi connectivity index (χ3n) is 1.71. The highest BCUT2D eigenvalue weighted by atomic mass is 16.6. The van der Waals surface area contributed by atoms with E-state index in [1.807, 2.05) is 0 Å². The fourth-order valence-corrected chi connectivity index (χ4v) is 1.02. The molecule has 1 aliphatic rings. The van der Waals surface area contributed by atoms with Gasteiger partial charge in [-0.05, 0) is 6.42 Å². The first kappa shape index (κ1) is 7.98. The average Bonchev–Trinajstić information content (AvgIpc) is 2.05. The Bertz CT molecular complexity index is 87.6. The normalized spacial score (nSPS) is 34.2. The molecule has 0 radical (unpaired) electrons. The lowest BCUT2D eigenvalue weighted by Crippen LogP contribution is -2.40. The van der Waals surface area contributed by atoms with Crippen LogP contribution < -0.4 is 5.73 Å². The van der Waals surface area contributed by atoms with Gasteiger partial charge >= 0.3 is 0 Å². The van der Waals surface area contributed by atoms with Crippen molar-refractivity contribution in [1.82, 2.24) is 0 Å². The van der Waals surface area contributed by atoms with Gasteiger partial charge in [0, 0.05) is 6.54 Å². The van der Waals surface area contributed by atoms with Crippen LogP contribution in [0.1, 0.15) is 13.3 Å². The maximum Gasteiger partial charge on any atom is 0.0935 e. The van der Waals surface area contributed by atoms with Crippen molar-refractivity contribution in [2.45, 2.75) is 25.6 Å². The first-order valence-electron chi connectivity index (χ1n) is 3.80. The molecule has 10 heavy (non-hydrogen) atoms. The summed E-state index contributed by atoms with van der Waals surface area (Å²) in [5.41, 5.74) is 5.42. The van der Waals surface area contributed by atoms with E-state index < -0.39 is 0 Å². The maximum atomic E-state index is 5.53. The predicted octanol–water partition coefficient (Wildman–Crippen LogP) is 0.139. The van der Waals surface area contributed by atoms with E-state index in [0.29, 0.717) is 13.2 Å². The predicted molar refractivity (Wildman–Crippen MR) is 38.8 cm³/mol. The van der Waals surface area contributed by atoms with Crippen molar-refractivity contribution in [3.8, 4) is 0 Å². The molecule has 60 valence electrons. The van der Waals surface area contributed by atoms with E-state index >= 15 is 0 Å². The second kappa shape index (κ2) is 3.91. The highest BCUT2D eigenvalue weighted by molar-refractivity contribution is 4.67. The highest BCUT2D eigenvalue weighted by Gasteiger charge is 2.19. The van der Waals surface area contributed by atoms with Crippen molar-refractivity contribution in [3.05, 3.63) is 0 Å². The summed E-state index contributed by atoms with van der Waals surface area (Å²) in [6, 6.07) is 0. The lowest BCUT2D eigenvalue weighted by atomic mass is 10.2. The largest absolute Gasteiger partial charge is 0.376 e. The Kier molecular flexibility index (Phi) is 3.12. The molecule has 2 atom stereocenters. The smallest absolute Gasteiger partial charge is 0.0935 e. The van der Waals surface area contributed by atoms with Crippen LogP contribution in [-0.2, 0) is 9.47 Å². The first-order chi connectivity index (χ1) is 4.86. The van der Waals surface area contributed by atoms with Crippen molar-refractivity contribution in [1.29, 1.82) is 0 Å². The van der Waals surface area contributed by atoms with Crippen LogP contribution in [0.5, 0.6) is 0 Å². The number of hydrogen-bond donors (Lipinski definition) is 1. The van der Waals surface area contributed by atoms with Gasteiger partial charge in [-0.25, -0.2) is 0 Å². The van der Waals surface area contributed by atoms with Gasteiger partial charge in [-0.15, -0.1) is 0 Å². The minimum atomic E-state index is 0.124. The van der Waals surface area contributed by atoms with E-state index in [4.69, 9.17) is 15.2 Å². The molecule has 0 aromatic heterocycles. The molecule has 0 amide bonds. The summed E-state index contributed by atoms with van der Waals surface area (Å²) in [7, 11) is 0. The molecule has 1 saturated heterocycles. The van der Waals surface area contributed by atoms with E-state index in [1.54, 1.807) is 0 Å². The topological polar surface area (TPSA) is 44.5 Å². The number of hydrogen-bond acceptors (Lipinski definition) is 3. The molecule has 0 bridgehead atoms.